The van der Waals surface area contributed by atoms with Crippen LogP contribution in [0.3, 0.4) is 0 Å². The molecule has 0 bridgehead atoms. The second kappa shape index (κ2) is 8.82. The third-order valence-corrected chi connectivity index (χ3v) is 3.78. The molecule has 0 unspecified atom stereocenters. The lowest BCUT2D eigenvalue weighted by atomic mass is 10.1. The lowest BCUT2D eigenvalue weighted by Crippen LogP contribution is -2.20. The number of aryl methyl sites for hydroxylation is 2. The van der Waals surface area contributed by atoms with Gasteiger partial charge in [-0.3, -0.25) is 14.9 Å². The van der Waals surface area contributed by atoms with Crippen LogP contribution in [0, 0.1) is 17.0 Å². The van der Waals surface area contributed by atoms with Gasteiger partial charge in [-0.1, -0.05) is 25.5 Å². The smallest absolute Gasteiger partial charge is 0.269 e. The normalized spacial score (nSPS) is 10.3. The molecule has 0 aromatic heterocycles. The van der Waals surface area contributed by atoms with Gasteiger partial charge in [0.2, 0.25) is 0 Å². The first kappa shape index (κ1) is 18.4. The summed E-state index contributed by atoms with van der Waals surface area (Å²) in [7, 11) is 0. The van der Waals surface area contributed by atoms with Gasteiger partial charge in [0, 0.05) is 17.8 Å². The van der Waals surface area contributed by atoms with Crippen LogP contribution in [0.4, 0.5) is 11.4 Å². The highest BCUT2D eigenvalue weighted by Crippen LogP contribution is 2.23. The summed E-state index contributed by atoms with van der Waals surface area (Å²) in [6.07, 6.45) is 3.33. The van der Waals surface area contributed by atoms with E-state index < -0.39 is 4.92 Å². The Morgan fingerprint density at radius 3 is 2.52 bits per heavy atom. The molecule has 6 nitrogen and oxygen atoms in total. The number of nitrogens with one attached hydrogen (secondary N) is 1. The summed E-state index contributed by atoms with van der Waals surface area (Å²) in [5, 5.41) is 13.5. The topological polar surface area (TPSA) is 81.5 Å². The second-order valence-electron chi connectivity index (χ2n) is 5.84. The molecule has 25 heavy (non-hydrogen) atoms. The highest BCUT2D eigenvalue weighted by atomic mass is 16.6. The predicted octanol–water partition coefficient (Wildman–Crippen LogP) is 4.26. The van der Waals surface area contributed by atoms with Crippen LogP contribution in [-0.4, -0.2) is 17.4 Å². The van der Waals surface area contributed by atoms with E-state index >= 15 is 0 Å². The van der Waals surface area contributed by atoms with Crippen LogP contribution in [0.2, 0.25) is 0 Å². The van der Waals surface area contributed by atoms with Crippen molar-refractivity contribution in [2.75, 3.05) is 11.9 Å². The minimum absolute atomic E-state index is 0.00235. The number of ether oxygens (including phenoxy) is 1. The Labute approximate surface area is 147 Å². The number of rotatable bonds is 8. The van der Waals surface area contributed by atoms with E-state index in [1.807, 2.05) is 24.3 Å². The number of anilines is 1. The molecule has 2 aromatic rings. The Bertz CT molecular complexity index is 742. The zero-order valence-electron chi connectivity index (χ0n) is 14.5. The lowest BCUT2D eigenvalue weighted by molar-refractivity contribution is -0.384. The molecule has 0 fully saturated rings. The average Bonchev–Trinajstić information content (AvgIpc) is 2.60. The van der Waals surface area contributed by atoms with Gasteiger partial charge in [-0.05, 0) is 49.1 Å². The van der Waals surface area contributed by atoms with Crippen LogP contribution in [0.25, 0.3) is 0 Å². The molecule has 0 aliphatic rings. The molecule has 132 valence electrons. The van der Waals surface area contributed by atoms with Gasteiger partial charge < -0.3 is 10.1 Å². The molecule has 2 rings (SSSR count). The Balaban J connectivity index is 1.87. The van der Waals surface area contributed by atoms with Crippen LogP contribution in [0.15, 0.2) is 42.5 Å². The van der Waals surface area contributed by atoms with Gasteiger partial charge in [0.25, 0.3) is 11.6 Å². The van der Waals surface area contributed by atoms with E-state index in [-0.39, 0.29) is 18.2 Å². The van der Waals surface area contributed by atoms with E-state index in [2.05, 4.69) is 12.2 Å². The van der Waals surface area contributed by atoms with Crippen molar-refractivity contribution < 1.29 is 14.5 Å². The molecule has 2 aromatic carbocycles. The van der Waals surface area contributed by atoms with E-state index in [1.54, 1.807) is 6.92 Å². The number of non-ortho nitro benzene ring substituents is 1. The molecule has 0 radical (unpaired) electrons. The summed E-state index contributed by atoms with van der Waals surface area (Å²) in [4.78, 5) is 22.2. The van der Waals surface area contributed by atoms with Gasteiger partial charge in [-0.15, -0.1) is 0 Å². The number of amides is 1. The number of carbonyl (C=O) groups excluding carboxylic acids is 1. The van der Waals surface area contributed by atoms with E-state index in [0.717, 1.165) is 19.3 Å². The van der Waals surface area contributed by atoms with Gasteiger partial charge in [0.15, 0.2) is 6.61 Å². The Morgan fingerprint density at radius 2 is 1.92 bits per heavy atom. The first-order valence-corrected chi connectivity index (χ1v) is 8.26. The standard InChI is InChI=1S/C19H22N2O4/c1-3-4-5-15-6-8-16(9-7-15)20-19(22)13-25-18-11-10-17(21(23)24)12-14(18)2/h6-12H,3-5,13H2,1-2H3,(H,20,22). The molecule has 0 atom stereocenters. The van der Waals surface area contributed by atoms with Crippen LogP contribution < -0.4 is 10.1 Å². The number of nitro benzene ring substituents is 1. The Hall–Kier alpha value is -2.89. The van der Waals surface area contributed by atoms with Gasteiger partial charge in [-0.25, -0.2) is 0 Å². The number of hydrogen-bond acceptors (Lipinski definition) is 4. The zero-order chi connectivity index (χ0) is 18.2. The maximum Gasteiger partial charge on any atom is 0.269 e. The summed E-state index contributed by atoms with van der Waals surface area (Å²) in [5.74, 6) is 0.176. The number of carbonyl (C=O) groups is 1. The van der Waals surface area contributed by atoms with Crippen LogP contribution in [0.1, 0.15) is 30.9 Å². The van der Waals surface area contributed by atoms with Crippen LogP contribution in [-0.2, 0) is 11.2 Å². The third kappa shape index (κ3) is 5.60. The van der Waals surface area contributed by atoms with E-state index in [4.69, 9.17) is 4.74 Å². The fraction of sp³-hybridized carbons (Fsp3) is 0.316. The van der Waals surface area contributed by atoms with E-state index in [9.17, 15) is 14.9 Å². The van der Waals surface area contributed by atoms with Crippen molar-refractivity contribution in [3.05, 3.63) is 63.7 Å². The Morgan fingerprint density at radius 1 is 1.20 bits per heavy atom. The number of unbranched alkanes of at least 4 members (excludes halogenated alkanes) is 1. The molecule has 0 saturated carbocycles. The highest BCUT2D eigenvalue weighted by Gasteiger charge is 2.10. The first-order valence-electron chi connectivity index (χ1n) is 8.26. The maximum atomic E-state index is 12.0. The van der Waals surface area contributed by atoms with Crippen molar-refractivity contribution in [1.82, 2.24) is 0 Å². The largest absolute Gasteiger partial charge is 0.483 e. The van der Waals surface area contributed by atoms with Crippen molar-refractivity contribution in [2.45, 2.75) is 33.1 Å². The monoisotopic (exact) mass is 342 g/mol. The van der Waals surface area contributed by atoms with Gasteiger partial charge in [0.1, 0.15) is 5.75 Å². The van der Waals surface area contributed by atoms with Gasteiger partial charge in [0.05, 0.1) is 4.92 Å². The molecule has 0 aliphatic carbocycles. The van der Waals surface area contributed by atoms with Gasteiger partial charge >= 0.3 is 0 Å². The van der Waals surface area contributed by atoms with Crippen LogP contribution in [0.5, 0.6) is 5.75 Å². The van der Waals surface area contributed by atoms with Crippen molar-refractivity contribution in [2.24, 2.45) is 0 Å². The number of nitrogens with zero attached hydrogens (tertiary/aromatic N) is 1. The lowest BCUT2D eigenvalue weighted by Gasteiger charge is -2.10. The van der Waals surface area contributed by atoms with Gasteiger partial charge in [-0.2, -0.15) is 0 Å². The highest BCUT2D eigenvalue weighted by molar-refractivity contribution is 5.91. The van der Waals surface area contributed by atoms with Crippen LogP contribution >= 0.6 is 0 Å². The van der Waals surface area contributed by atoms with Crippen molar-refractivity contribution in [1.29, 1.82) is 0 Å². The fourth-order valence-electron chi connectivity index (χ4n) is 2.39. The molecule has 1 amide bonds. The van der Waals surface area contributed by atoms with Crippen molar-refractivity contribution in [3.63, 3.8) is 0 Å². The average molecular weight is 342 g/mol. The summed E-state index contributed by atoms with van der Waals surface area (Å²) >= 11 is 0. The molecule has 0 saturated heterocycles. The summed E-state index contributed by atoms with van der Waals surface area (Å²) in [6.45, 7) is 3.70. The molecule has 0 spiro atoms. The molecule has 6 heteroatoms. The van der Waals surface area contributed by atoms with Crippen molar-refractivity contribution in [3.8, 4) is 5.75 Å². The van der Waals surface area contributed by atoms with E-state index in [0.29, 0.717) is 17.0 Å². The first-order chi connectivity index (χ1) is 12.0. The third-order valence-electron chi connectivity index (χ3n) is 3.78. The number of benzene rings is 2. The minimum atomic E-state index is -0.465. The quantitative estimate of drug-likeness (QED) is 0.574. The SMILES string of the molecule is CCCCc1ccc(NC(=O)COc2ccc([N+](=O)[O-])cc2C)cc1. The summed E-state index contributed by atoms with van der Waals surface area (Å²) < 4.78 is 5.45. The van der Waals surface area contributed by atoms with Crippen molar-refractivity contribution >= 4 is 17.3 Å². The predicted molar refractivity (Wildman–Crippen MR) is 97.0 cm³/mol. The minimum Gasteiger partial charge on any atom is -0.483 e. The molecule has 1 N–H and O–H groups in total. The maximum absolute atomic E-state index is 12.0. The molecular weight excluding hydrogens is 320 g/mol. The molecule has 0 heterocycles. The second-order valence-corrected chi connectivity index (χ2v) is 5.84. The zero-order valence-corrected chi connectivity index (χ0v) is 14.5. The number of hydrogen-bond donors (Lipinski definition) is 1. The summed E-state index contributed by atoms with van der Waals surface area (Å²) in [6, 6.07) is 12.0. The van der Waals surface area contributed by atoms with E-state index in [1.165, 1.54) is 23.8 Å². The fourth-order valence-corrected chi connectivity index (χ4v) is 2.39. The number of nitro groups is 1. The molecule has 0 aliphatic heterocycles. The summed E-state index contributed by atoms with van der Waals surface area (Å²) in [5.41, 5.74) is 2.58. The Kier molecular flexibility index (Phi) is 6.51. The molecular formula is C19H22N2O4.